The second-order valence-electron chi connectivity index (χ2n) is 4.60. The molecular weight excluding hydrogens is 298 g/mol. The number of carbonyl (C=O) groups excluding carboxylic acids is 1. The van der Waals surface area contributed by atoms with Crippen molar-refractivity contribution in [2.45, 2.75) is 17.8 Å². The predicted molar refractivity (Wildman–Crippen MR) is 85.8 cm³/mol. The molecule has 1 aromatic carbocycles. The first kappa shape index (κ1) is 14.6. The molecule has 2 aromatic heterocycles. The van der Waals surface area contributed by atoms with Crippen molar-refractivity contribution in [1.29, 1.82) is 0 Å². The third kappa shape index (κ3) is 3.28. The van der Waals surface area contributed by atoms with Crippen LogP contribution in [0.25, 0.3) is 11.0 Å². The summed E-state index contributed by atoms with van der Waals surface area (Å²) < 4.78 is 5.00. The van der Waals surface area contributed by atoms with E-state index in [4.69, 9.17) is 4.74 Å². The number of hydrogen-bond donors (Lipinski definition) is 1. The summed E-state index contributed by atoms with van der Waals surface area (Å²) in [5.41, 5.74) is 3.17. The molecule has 1 N–H and O–H groups in total. The molecule has 0 saturated carbocycles. The van der Waals surface area contributed by atoms with Gasteiger partial charge >= 0.3 is 5.97 Å². The molecule has 3 aromatic rings. The maximum Gasteiger partial charge on any atom is 0.338 e. The molecule has 5 nitrogen and oxygen atoms in total. The highest BCUT2D eigenvalue weighted by Crippen LogP contribution is 2.23. The van der Waals surface area contributed by atoms with Crippen LogP contribution in [-0.2, 0) is 10.5 Å². The Labute approximate surface area is 132 Å². The molecule has 0 aliphatic carbocycles. The second-order valence-corrected chi connectivity index (χ2v) is 5.57. The lowest BCUT2D eigenvalue weighted by atomic mass is 10.2. The van der Waals surface area contributed by atoms with Gasteiger partial charge in [-0.05, 0) is 37.3 Å². The average Bonchev–Trinajstić information content (AvgIpc) is 2.96. The molecule has 0 aliphatic heterocycles. The highest BCUT2D eigenvalue weighted by atomic mass is 32.2. The normalized spacial score (nSPS) is 10.8. The third-order valence-corrected chi connectivity index (χ3v) is 3.96. The monoisotopic (exact) mass is 313 g/mol. The van der Waals surface area contributed by atoms with E-state index >= 15 is 0 Å². The quantitative estimate of drug-likeness (QED) is 0.577. The number of carbonyl (C=O) groups is 1. The number of aromatic amines is 1. The molecule has 0 amide bonds. The van der Waals surface area contributed by atoms with Gasteiger partial charge in [-0.3, -0.25) is 4.98 Å². The van der Waals surface area contributed by atoms with Gasteiger partial charge in [0.25, 0.3) is 0 Å². The molecule has 0 atom stereocenters. The molecule has 0 radical (unpaired) electrons. The van der Waals surface area contributed by atoms with Crippen molar-refractivity contribution in [1.82, 2.24) is 15.0 Å². The van der Waals surface area contributed by atoms with Gasteiger partial charge in [0.15, 0.2) is 5.16 Å². The van der Waals surface area contributed by atoms with Gasteiger partial charge in [0.1, 0.15) is 0 Å². The Hall–Kier alpha value is -2.34. The first-order valence-corrected chi connectivity index (χ1v) is 7.94. The number of pyridine rings is 1. The lowest BCUT2D eigenvalue weighted by Gasteiger charge is -2.00. The van der Waals surface area contributed by atoms with Crippen LogP contribution in [0.2, 0.25) is 0 Å². The number of imidazole rings is 1. The minimum atomic E-state index is -0.324. The highest BCUT2D eigenvalue weighted by Gasteiger charge is 2.10. The van der Waals surface area contributed by atoms with Gasteiger partial charge in [-0.1, -0.05) is 17.8 Å². The van der Waals surface area contributed by atoms with Crippen LogP contribution in [-0.4, -0.2) is 27.5 Å². The summed E-state index contributed by atoms with van der Waals surface area (Å²) in [4.78, 5) is 23.8. The van der Waals surface area contributed by atoms with E-state index in [2.05, 4.69) is 15.0 Å². The number of esters is 1. The van der Waals surface area contributed by atoms with Crippen LogP contribution >= 0.6 is 11.8 Å². The Morgan fingerprint density at radius 3 is 3.00 bits per heavy atom. The molecule has 0 aliphatic rings. The van der Waals surface area contributed by atoms with Crippen LogP contribution in [0.4, 0.5) is 0 Å². The number of nitrogens with zero attached hydrogens (tertiary/aromatic N) is 2. The minimum absolute atomic E-state index is 0.324. The van der Waals surface area contributed by atoms with E-state index in [0.29, 0.717) is 12.2 Å². The Bertz CT molecular complexity index is 786. The topological polar surface area (TPSA) is 67.9 Å². The van der Waals surface area contributed by atoms with Gasteiger partial charge in [-0.15, -0.1) is 0 Å². The maximum atomic E-state index is 11.7. The molecule has 0 bridgehead atoms. The molecule has 0 saturated heterocycles. The Balaban J connectivity index is 1.76. The molecule has 22 heavy (non-hydrogen) atoms. The maximum absolute atomic E-state index is 11.7. The van der Waals surface area contributed by atoms with Gasteiger partial charge in [0.2, 0.25) is 0 Å². The highest BCUT2D eigenvalue weighted by molar-refractivity contribution is 7.98. The summed E-state index contributed by atoms with van der Waals surface area (Å²) in [6, 6.07) is 11.2. The Morgan fingerprint density at radius 2 is 2.23 bits per heavy atom. The number of H-pyrrole nitrogens is 1. The van der Waals surface area contributed by atoms with Gasteiger partial charge < -0.3 is 9.72 Å². The molecule has 0 fully saturated rings. The smallest absolute Gasteiger partial charge is 0.338 e. The molecule has 0 spiro atoms. The molecule has 3 rings (SSSR count). The number of nitrogens with one attached hydrogen (secondary N) is 1. The van der Waals surface area contributed by atoms with Crippen LogP contribution in [0.3, 0.4) is 0 Å². The largest absolute Gasteiger partial charge is 0.462 e. The van der Waals surface area contributed by atoms with Crippen LogP contribution in [0.15, 0.2) is 47.8 Å². The lowest BCUT2D eigenvalue weighted by Crippen LogP contribution is -2.04. The van der Waals surface area contributed by atoms with Crippen molar-refractivity contribution in [2.75, 3.05) is 6.61 Å². The fraction of sp³-hybridized carbons (Fsp3) is 0.188. The zero-order valence-corrected chi connectivity index (χ0v) is 12.9. The lowest BCUT2D eigenvalue weighted by molar-refractivity contribution is 0.0526. The summed E-state index contributed by atoms with van der Waals surface area (Å²) in [6.45, 7) is 2.15. The fourth-order valence-electron chi connectivity index (χ4n) is 2.02. The number of ether oxygens (including phenoxy) is 1. The predicted octanol–water partition coefficient (Wildman–Crippen LogP) is 3.43. The van der Waals surface area contributed by atoms with E-state index in [0.717, 1.165) is 27.6 Å². The zero-order valence-electron chi connectivity index (χ0n) is 12.1. The first-order chi connectivity index (χ1) is 10.8. The van der Waals surface area contributed by atoms with Crippen LogP contribution in [0.1, 0.15) is 23.0 Å². The summed E-state index contributed by atoms with van der Waals surface area (Å²) in [6.07, 6.45) is 1.78. The molecule has 112 valence electrons. The van der Waals surface area contributed by atoms with E-state index in [9.17, 15) is 4.79 Å². The van der Waals surface area contributed by atoms with E-state index < -0.39 is 0 Å². The summed E-state index contributed by atoms with van der Waals surface area (Å²) >= 11 is 1.58. The zero-order chi connectivity index (χ0) is 15.4. The van der Waals surface area contributed by atoms with Crippen molar-refractivity contribution in [3.05, 3.63) is 53.9 Å². The molecule has 6 heteroatoms. The molecular formula is C16H15N3O2S. The molecule has 0 unspecified atom stereocenters. The summed E-state index contributed by atoms with van der Waals surface area (Å²) in [7, 11) is 0. The SMILES string of the molecule is CCOC(=O)c1ccc2[nH]c(SCc3ccccn3)nc2c1. The van der Waals surface area contributed by atoms with E-state index in [1.165, 1.54) is 0 Å². The average molecular weight is 313 g/mol. The number of thioether (sulfide) groups is 1. The van der Waals surface area contributed by atoms with Crippen LogP contribution in [0.5, 0.6) is 0 Å². The first-order valence-electron chi connectivity index (χ1n) is 6.96. The number of aromatic nitrogens is 3. The number of fused-ring (bicyclic) bond motifs is 1. The Kier molecular flexibility index (Phi) is 4.39. The minimum Gasteiger partial charge on any atom is -0.462 e. The van der Waals surface area contributed by atoms with Crippen molar-refractivity contribution >= 4 is 28.8 Å². The summed E-state index contributed by atoms with van der Waals surface area (Å²) in [5, 5.41) is 0.807. The summed E-state index contributed by atoms with van der Waals surface area (Å²) in [5.74, 6) is 0.417. The van der Waals surface area contributed by atoms with Crippen molar-refractivity contribution in [2.24, 2.45) is 0 Å². The van der Waals surface area contributed by atoms with Gasteiger partial charge in [-0.2, -0.15) is 0 Å². The second kappa shape index (κ2) is 6.62. The van der Waals surface area contributed by atoms with Gasteiger partial charge in [0.05, 0.1) is 28.9 Å². The van der Waals surface area contributed by atoms with Crippen molar-refractivity contribution in [3.8, 4) is 0 Å². The number of benzene rings is 1. The number of hydrogen-bond acceptors (Lipinski definition) is 5. The van der Waals surface area contributed by atoms with Crippen LogP contribution in [0, 0.1) is 0 Å². The fourth-order valence-corrected chi connectivity index (χ4v) is 2.82. The molecule has 2 heterocycles. The Morgan fingerprint density at radius 1 is 1.32 bits per heavy atom. The van der Waals surface area contributed by atoms with Crippen molar-refractivity contribution in [3.63, 3.8) is 0 Å². The van der Waals surface area contributed by atoms with E-state index in [1.54, 1.807) is 37.0 Å². The van der Waals surface area contributed by atoms with Crippen molar-refractivity contribution < 1.29 is 9.53 Å². The standard InChI is InChI=1S/C16H15N3O2S/c1-2-21-15(20)11-6-7-13-14(9-11)19-16(18-13)22-10-12-5-3-4-8-17-12/h3-9H,2,10H2,1H3,(H,18,19). The van der Waals surface area contributed by atoms with E-state index in [-0.39, 0.29) is 5.97 Å². The third-order valence-electron chi connectivity index (χ3n) is 3.06. The van der Waals surface area contributed by atoms with Crippen LogP contribution < -0.4 is 0 Å². The van der Waals surface area contributed by atoms with Gasteiger partial charge in [-0.25, -0.2) is 9.78 Å². The van der Waals surface area contributed by atoms with Gasteiger partial charge in [0, 0.05) is 11.9 Å². The van der Waals surface area contributed by atoms with E-state index in [1.807, 2.05) is 24.3 Å². The number of rotatable bonds is 5.